The fourth-order valence-corrected chi connectivity index (χ4v) is 4.32. The highest BCUT2D eigenvalue weighted by molar-refractivity contribution is 6.08. The van der Waals surface area contributed by atoms with Crippen molar-refractivity contribution < 1.29 is 9.47 Å². The van der Waals surface area contributed by atoms with Crippen molar-refractivity contribution in [1.29, 1.82) is 5.41 Å². The third kappa shape index (κ3) is 6.16. The Labute approximate surface area is 221 Å². The number of imidazole rings is 1. The third-order valence-corrected chi connectivity index (χ3v) is 6.41. The third-order valence-electron chi connectivity index (χ3n) is 6.41. The zero-order valence-electron chi connectivity index (χ0n) is 21.4. The summed E-state index contributed by atoms with van der Waals surface area (Å²) in [4.78, 5) is 15.8. The summed E-state index contributed by atoms with van der Waals surface area (Å²) >= 11 is 0. The van der Waals surface area contributed by atoms with Crippen molar-refractivity contribution >= 4 is 23.3 Å². The molecule has 0 spiro atoms. The lowest BCUT2D eigenvalue weighted by Gasteiger charge is -2.26. The first-order valence-corrected chi connectivity index (χ1v) is 12.7. The van der Waals surface area contributed by atoms with E-state index in [4.69, 9.17) is 14.9 Å². The van der Waals surface area contributed by atoms with E-state index in [0.717, 1.165) is 78.2 Å². The molecule has 0 saturated carbocycles. The number of ether oxygens (including phenoxy) is 2. The van der Waals surface area contributed by atoms with Crippen LogP contribution in [-0.4, -0.2) is 77.0 Å². The zero-order valence-corrected chi connectivity index (χ0v) is 21.4. The van der Waals surface area contributed by atoms with Gasteiger partial charge in [0.25, 0.3) is 0 Å². The number of benzene rings is 1. The van der Waals surface area contributed by atoms with Gasteiger partial charge in [0.2, 0.25) is 0 Å². The number of allylic oxidation sites excluding steroid dienone is 1. The molecule has 0 bridgehead atoms. The Morgan fingerprint density at radius 2 is 1.95 bits per heavy atom. The highest BCUT2D eigenvalue weighted by Crippen LogP contribution is 2.23. The number of hydrogen-bond acceptors (Lipinski definition) is 9. The van der Waals surface area contributed by atoms with Gasteiger partial charge >= 0.3 is 0 Å². The van der Waals surface area contributed by atoms with Gasteiger partial charge < -0.3 is 25.5 Å². The van der Waals surface area contributed by atoms with Crippen molar-refractivity contribution in [3.05, 3.63) is 78.5 Å². The molecule has 10 nitrogen and oxygen atoms in total. The van der Waals surface area contributed by atoms with Crippen molar-refractivity contribution in [2.75, 3.05) is 51.8 Å². The number of hydrogen-bond donors (Lipinski definition) is 3. The Balaban J connectivity index is 1.22. The molecule has 1 aliphatic rings. The molecule has 0 unspecified atom stereocenters. The molecule has 38 heavy (non-hydrogen) atoms. The number of nitrogens with one attached hydrogen (secondary N) is 3. The summed E-state index contributed by atoms with van der Waals surface area (Å²) in [7, 11) is 1.82. The van der Waals surface area contributed by atoms with Crippen LogP contribution in [0, 0.1) is 5.41 Å². The van der Waals surface area contributed by atoms with Gasteiger partial charge in [0.1, 0.15) is 30.1 Å². The number of aromatic nitrogens is 4. The highest BCUT2D eigenvalue weighted by Gasteiger charge is 2.12. The molecule has 1 aromatic carbocycles. The van der Waals surface area contributed by atoms with Crippen LogP contribution in [0.1, 0.15) is 11.1 Å². The molecule has 5 rings (SSSR count). The molecule has 0 atom stereocenters. The molecule has 1 fully saturated rings. The van der Waals surface area contributed by atoms with Crippen LogP contribution in [0.25, 0.3) is 22.6 Å². The molecule has 3 N–H and O–H groups in total. The standard InChI is InChI=1S/C28H32N8O2/c1-30-18-23(16-29)22-4-2-21(3-5-22)17-31-27-15-25(33-20-34-27)26-19-32-28-14-24(6-7-36(26)28)38-13-10-35-8-11-37-12-9-35/h2-7,14-16,18-20,29-30H,8-13,17H2,1H3,(H,31,33,34)/b23-18+,29-16?. The highest BCUT2D eigenvalue weighted by atomic mass is 16.5. The fourth-order valence-electron chi connectivity index (χ4n) is 4.32. The van der Waals surface area contributed by atoms with E-state index < -0.39 is 0 Å². The maximum absolute atomic E-state index is 7.57. The molecule has 0 radical (unpaired) electrons. The molecule has 196 valence electrons. The van der Waals surface area contributed by atoms with E-state index in [2.05, 4.69) is 30.5 Å². The van der Waals surface area contributed by atoms with Crippen molar-refractivity contribution in [3.63, 3.8) is 0 Å². The van der Waals surface area contributed by atoms with Crippen molar-refractivity contribution in [3.8, 4) is 17.1 Å². The minimum absolute atomic E-state index is 0.616. The minimum atomic E-state index is 0.616. The van der Waals surface area contributed by atoms with Gasteiger partial charge in [-0.15, -0.1) is 0 Å². The van der Waals surface area contributed by atoms with Crippen LogP contribution < -0.4 is 15.4 Å². The number of anilines is 1. The first kappa shape index (κ1) is 25.4. The zero-order chi connectivity index (χ0) is 26.2. The number of pyridine rings is 1. The van der Waals surface area contributed by atoms with Crippen LogP contribution in [0.15, 0.2) is 67.4 Å². The number of rotatable bonds is 11. The normalized spacial score (nSPS) is 14.4. The molecular weight excluding hydrogens is 480 g/mol. The summed E-state index contributed by atoms with van der Waals surface area (Å²) in [6.45, 7) is 5.61. The Kier molecular flexibility index (Phi) is 8.22. The first-order chi connectivity index (χ1) is 18.7. The molecule has 0 aliphatic carbocycles. The second-order valence-corrected chi connectivity index (χ2v) is 8.91. The van der Waals surface area contributed by atoms with E-state index in [1.165, 1.54) is 6.21 Å². The van der Waals surface area contributed by atoms with Crippen molar-refractivity contribution in [2.45, 2.75) is 6.54 Å². The molecule has 4 heterocycles. The van der Waals surface area contributed by atoms with Gasteiger partial charge in [-0.05, 0) is 17.2 Å². The van der Waals surface area contributed by atoms with E-state index in [9.17, 15) is 0 Å². The van der Waals surface area contributed by atoms with Gasteiger partial charge in [0.15, 0.2) is 0 Å². The second-order valence-electron chi connectivity index (χ2n) is 8.91. The lowest BCUT2D eigenvalue weighted by molar-refractivity contribution is 0.0322. The van der Waals surface area contributed by atoms with Gasteiger partial charge in [-0.3, -0.25) is 9.30 Å². The summed E-state index contributed by atoms with van der Waals surface area (Å²) in [5.41, 5.74) is 5.38. The predicted octanol–water partition coefficient (Wildman–Crippen LogP) is 3.32. The summed E-state index contributed by atoms with van der Waals surface area (Å²) in [6, 6.07) is 13.9. The van der Waals surface area contributed by atoms with E-state index in [0.29, 0.717) is 13.2 Å². The Morgan fingerprint density at radius 1 is 1.11 bits per heavy atom. The predicted molar refractivity (Wildman–Crippen MR) is 149 cm³/mol. The smallest absolute Gasteiger partial charge is 0.140 e. The largest absolute Gasteiger partial charge is 0.492 e. The Hall–Kier alpha value is -4.28. The van der Waals surface area contributed by atoms with Crippen LogP contribution in [0.4, 0.5) is 5.82 Å². The molecular formula is C28H32N8O2. The van der Waals surface area contributed by atoms with Gasteiger partial charge in [-0.1, -0.05) is 24.3 Å². The second kappa shape index (κ2) is 12.3. The summed E-state index contributed by atoms with van der Waals surface area (Å²) < 4.78 is 13.4. The molecule has 1 saturated heterocycles. The van der Waals surface area contributed by atoms with Crippen LogP contribution in [0.5, 0.6) is 5.75 Å². The van der Waals surface area contributed by atoms with E-state index in [-0.39, 0.29) is 0 Å². The first-order valence-electron chi connectivity index (χ1n) is 12.7. The number of morpholine rings is 1. The minimum Gasteiger partial charge on any atom is -0.492 e. The van der Waals surface area contributed by atoms with Crippen LogP contribution in [0.2, 0.25) is 0 Å². The van der Waals surface area contributed by atoms with Crippen molar-refractivity contribution in [1.82, 2.24) is 29.6 Å². The average molecular weight is 513 g/mol. The van der Waals surface area contributed by atoms with E-state index >= 15 is 0 Å². The molecule has 4 aromatic rings. The molecule has 3 aromatic heterocycles. The number of nitrogens with zero attached hydrogens (tertiary/aromatic N) is 5. The number of fused-ring (bicyclic) bond motifs is 1. The molecule has 0 amide bonds. The lowest BCUT2D eigenvalue weighted by atomic mass is 10.1. The van der Waals surface area contributed by atoms with Gasteiger partial charge in [-0.25, -0.2) is 15.0 Å². The fraction of sp³-hybridized carbons (Fsp3) is 0.286. The van der Waals surface area contributed by atoms with Crippen LogP contribution in [0.3, 0.4) is 0 Å². The van der Waals surface area contributed by atoms with E-state index in [1.807, 2.05) is 72.5 Å². The quantitative estimate of drug-likeness (QED) is 0.262. The summed E-state index contributed by atoms with van der Waals surface area (Å²) in [6.07, 6.45) is 8.49. The van der Waals surface area contributed by atoms with Gasteiger partial charge in [0, 0.05) is 69.5 Å². The van der Waals surface area contributed by atoms with Crippen LogP contribution in [-0.2, 0) is 11.3 Å². The summed E-state index contributed by atoms with van der Waals surface area (Å²) in [5.74, 6) is 1.53. The maximum Gasteiger partial charge on any atom is 0.140 e. The topological polar surface area (TPSA) is 113 Å². The average Bonchev–Trinajstić information content (AvgIpc) is 3.39. The Bertz CT molecular complexity index is 1390. The van der Waals surface area contributed by atoms with E-state index in [1.54, 1.807) is 6.33 Å². The Morgan fingerprint density at radius 3 is 2.74 bits per heavy atom. The van der Waals surface area contributed by atoms with Crippen LogP contribution >= 0.6 is 0 Å². The van der Waals surface area contributed by atoms with Crippen molar-refractivity contribution in [2.24, 2.45) is 0 Å². The monoisotopic (exact) mass is 512 g/mol. The summed E-state index contributed by atoms with van der Waals surface area (Å²) in [5, 5.41) is 13.9. The van der Waals surface area contributed by atoms with Gasteiger partial charge in [0.05, 0.1) is 30.8 Å². The molecule has 1 aliphatic heterocycles. The SMILES string of the molecule is CN/C=C(\C=N)c1ccc(CNc2cc(-c3cnc4cc(OCCN5CCOCC5)ccn34)ncn2)cc1. The lowest BCUT2D eigenvalue weighted by Crippen LogP contribution is -2.38. The molecule has 10 heteroatoms. The maximum atomic E-state index is 7.57. The van der Waals surface area contributed by atoms with Gasteiger partial charge in [-0.2, -0.15) is 0 Å².